The number of nitrogens with zero attached hydrogens (tertiary/aromatic N) is 2. The van der Waals surface area contributed by atoms with E-state index in [0.717, 1.165) is 12.8 Å². The number of sulfonamides is 1. The average Bonchev–Trinajstić information content (AvgIpc) is 3.36. The number of amides is 2. The molecule has 0 saturated carbocycles. The smallest absolute Gasteiger partial charge is 0.253 e. The van der Waals surface area contributed by atoms with Crippen LogP contribution in [-0.4, -0.2) is 55.6 Å². The topological polar surface area (TPSA) is 86.8 Å². The van der Waals surface area contributed by atoms with E-state index in [9.17, 15) is 22.4 Å². The van der Waals surface area contributed by atoms with Crippen LogP contribution in [-0.2, 0) is 14.8 Å². The van der Waals surface area contributed by atoms with E-state index < -0.39 is 15.8 Å². The van der Waals surface area contributed by atoms with Crippen molar-refractivity contribution in [2.45, 2.75) is 30.6 Å². The maximum atomic E-state index is 13.1. The predicted octanol–water partition coefficient (Wildman–Crippen LogP) is 3.10. The van der Waals surface area contributed by atoms with Crippen molar-refractivity contribution in [2.24, 2.45) is 5.92 Å². The molecule has 170 valence electrons. The molecule has 0 aliphatic carbocycles. The number of benzene rings is 2. The number of piperidine rings is 1. The molecule has 9 heteroatoms. The molecular formula is C23H26FN3O4S. The molecule has 0 spiro atoms. The van der Waals surface area contributed by atoms with Crippen LogP contribution >= 0.6 is 0 Å². The third-order valence-corrected chi connectivity index (χ3v) is 7.98. The van der Waals surface area contributed by atoms with Gasteiger partial charge in [0.2, 0.25) is 15.9 Å². The van der Waals surface area contributed by atoms with Gasteiger partial charge < -0.3 is 10.2 Å². The van der Waals surface area contributed by atoms with Gasteiger partial charge in [-0.15, -0.1) is 0 Å². The van der Waals surface area contributed by atoms with Crippen molar-refractivity contribution in [3.8, 4) is 0 Å². The van der Waals surface area contributed by atoms with E-state index in [1.54, 1.807) is 17.0 Å². The zero-order valence-electron chi connectivity index (χ0n) is 17.7. The lowest BCUT2D eigenvalue weighted by molar-refractivity contribution is -0.121. The fraction of sp³-hybridized carbons (Fsp3) is 0.391. The number of anilines is 1. The summed E-state index contributed by atoms with van der Waals surface area (Å²) >= 11 is 0. The maximum Gasteiger partial charge on any atom is 0.253 e. The first-order chi connectivity index (χ1) is 15.3. The van der Waals surface area contributed by atoms with Crippen LogP contribution in [0.5, 0.6) is 0 Å². The summed E-state index contributed by atoms with van der Waals surface area (Å²) in [5.74, 6) is -0.938. The van der Waals surface area contributed by atoms with E-state index in [-0.39, 0.29) is 22.6 Å². The Bertz CT molecular complexity index is 1070. The summed E-state index contributed by atoms with van der Waals surface area (Å²) in [7, 11) is -3.48. The van der Waals surface area contributed by atoms with E-state index in [1.807, 2.05) is 0 Å². The Balaban J connectivity index is 1.31. The number of likely N-dealkylation sites (tertiary alicyclic amines) is 1. The second-order valence-corrected chi connectivity index (χ2v) is 10.1. The quantitative estimate of drug-likeness (QED) is 0.745. The highest BCUT2D eigenvalue weighted by Gasteiger charge is 2.29. The molecule has 2 fully saturated rings. The van der Waals surface area contributed by atoms with Crippen LogP contribution in [0.4, 0.5) is 10.1 Å². The third kappa shape index (κ3) is 4.83. The zero-order valence-corrected chi connectivity index (χ0v) is 18.5. The van der Waals surface area contributed by atoms with Gasteiger partial charge in [0.05, 0.1) is 4.90 Å². The monoisotopic (exact) mass is 459 g/mol. The fourth-order valence-electron chi connectivity index (χ4n) is 4.15. The lowest BCUT2D eigenvalue weighted by Gasteiger charge is -2.31. The predicted molar refractivity (Wildman–Crippen MR) is 118 cm³/mol. The van der Waals surface area contributed by atoms with E-state index in [2.05, 4.69) is 5.32 Å². The summed E-state index contributed by atoms with van der Waals surface area (Å²) in [5.41, 5.74) is 0.971. The zero-order chi connectivity index (χ0) is 22.7. The molecule has 1 N–H and O–H groups in total. The summed E-state index contributed by atoms with van der Waals surface area (Å²) in [6.07, 6.45) is 2.81. The van der Waals surface area contributed by atoms with Gasteiger partial charge in [-0.05, 0) is 74.2 Å². The van der Waals surface area contributed by atoms with Crippen LogP contribution in [0, 0.1) is 11.7 Å². The normalized spacial score (nSPS) is 18.0. The van der Waals surface area contributed by atoms with Gasteiger partial charge in [0.25, 0.3) is 5.91 Å². The second-order valence-electron chi connectivity index (χ2n) is 8.20. The molecule has 2 aromatic rings. The highest BCUT2D eigenvalue weighted by atomic mass is 32.2. The van der Waals surface area contributed by atoms with Crippen molar-refractivity contribution in [2.75, 3.05) is 31.5 Å². The Morgan fingerprint density at radius 1 is 0.875 bits per heavy atom. The van der Waals surface area contributed by atoms with Crippen molar-refractivity contribution < 1.29 is 22.4 Å². The van der Waals surface area contributed by atoms with E-state index in [1.165, 1.54) is 40.7 Å². The van der Waals surface area contributed by atoms with Gasteiger partial charge in [-0.2, -0.15) is 4.31 Å². The second kappa shape index (κ2) is 9.38. The van der Waals surface area contributed by atoms with Crippen molar-refractivity contribution >= 4 is 27.5 Å². The molecule has 2 saturated heterocycles. The molecule has 7 nitrogen and oxygen atoms in total. The van der Waals surface area contributed by atoms with Gasteiger partial charge in [0.1, 0.15) is 5.82 Å². The number of carbonyl (C=O) groups is 2. The van der Waals surface area contributed by atoms with Gasteiger partial charge in [-0.25, -0.2) is 12.8 Å². The van der Waals surface area contributed by atoms with Crippen LogP contribution in [0.25, 0.3) is 0 Å². The van der Waals surface area contributed by atoms with Crippen LogP contribution < -0.4 is 5.32 Å². The molecule has 0 radical (unpaired) electrons. The molecule has 0 bridgehead atoms. The minimum Gasteiger partial charge on any atom is -0.339 e. The molecule has 2 heterocycles. The first kappa shape index (κ1) is 22.4. The van der Waals surface area contributed by atoms with Gasteiger partial charge in [-0.3, -0.25) is 9.59 Å². The van der Waals surface area contributed by atoms with Gasteiger partial charge in [-0.1, -0.05) is 0 Å². The summed E-state index contributed by atoms with van der Waals surface area (Å²) in [5, 5.41) is 2.85. The van der Waals surface area contributed by atoms with Crippen LogP contribution in [0.1, 0.15) is 36.0 Å². The molecule has 2 aliphatic heterocycles. The Hall–Kier alpha value is -2.78. The highest BCUT2D eigenvalue weighted by Crippen LogP contribution is 2.24. The summed E-state index contributed by atoms with van der Waals surface area (Å²) in [6.45, 7) is 1.98. The molecular weight excluding hydrogens is 433 g/mol. The molecule has 4 rings (SSSR count). The molecule has 2 amide bonds. The number of halogens is 1. The SMILES string of the molecule is O=C(Nc1ccc(S(=O)(=O)N2CCCC2)cc1)C1CCN(C(=O)c2ccc(F)cc2)CC1. The Morgan fingerprint density at radius 3 is 2.06 bits per heavy atom. The minimum absolute atomic E-state index is 0.144. The van der Waals surface area contributed by atoms with Gasteiger partial charge in [0.15, 0.2) is 0 Å². The number of hydrogen-bond donors (Lipinski definition) is 1. The van der Waals surface area contributed by atoms with Gasteiger partial charge >= 0.3 is 0 Å². The number of rotatable bonds is 5. The van der Waals surface area contributed by atoms with E-state index in [4.69, 9.17) is 0 Å². The fourth-order valence-corrected chi connectivity index (χ4v) is 5.67. The highest BCUT2D eigenvalue weighted by molar-refractivity contribution is 7.89. The molecule has 0 unspecified atom stereocenters. The maximum absolute atomic E-state index is 13.1. The Morgan fingerprint density at radius 2 is 1.47 bits per heavy atom. The van der Waals surface area contributed by atoms with Crippen LogP contribution in [0.2, 0.25) is 0 Å². The van der Waals surface area contributed by atoms with E-state index >= 15 is 0 Å². The molecule has 0 aromatic heterocycles. The summed E-state index contributed by atoms with van der Waals surface area (Å²) in [6, 6.07) is 11.7. The molecule has 32 heavy (non-hydrogen) atoms. The largest absolute Gasteiger partial charge is 0.339 e. The van der Waals surface area contributed by atoms with Crippen molar-refractivity contribution in [1.29, 1.82) is 0 Å². The lowest BCUT2D eigenvalue weighted by atomic mass is 9.95. The average molecular weight is 460 g/mol. The lowest BCUT2D eigenvalue weighted by Crippen LogP contribution is -2.41. The number of carbonyl (C=O) groups excluding carboxylic acids is 2. The Kier molecular flexibility index (Phi) is 6.57. The Labute approximate surface area is 187 Å². The first-order valence-electron chi connectivity index (χ1n) is 10.8. The summed E-state index contributed by atoms with van der Waals surface area (Å²) < 4.78 is 39.8. The van der Waals surface area contributed by atoms with Crippen LogP contribution in [0.15, 0.2) is 53.4 Å². The number of nitrogens with one attached hydrogen (secondary N) is 1. The minimum atomic E-state index is -3.48. The van der Waals surface area contributed by atoms with E-state index in [0.29, 0.717) is 50.3 Å². The molecule has 2 aromatic carbocycles. The van der Waals surface area contributed by atoms with Crippen molar-refractivity contribution in [3.05, 3.63) is 59.9 Å². The standard InChI is InChI=1S/C23H26FN3O4S/c24-19-5-3-18(4-6-19)23(29)26-15-11-17(12-16-26)22(28)25-20-7-9-21(10-8-20)32(30,31)27-13-1-2-14-27/h3-10,17H,1-2,11-16H2,(H,25,28). The first-order valence-corrected chi connectivity index (χ1v) is 12.2. The molecule has 2 aliphatic rings. The van der Waals surface area contributed by atoms with Crippen LogP contribution in [0.3, 0.4) is 0 Å². The summed E-state index contributed by atoms with van der Waals surface area (Å²) in [4.78, 5) is 27.1. The van der Waals surface area contributed by atoms with Crippen molar-refractivity contribution in [3.63, 3.8) is 0 Å². The number of hydrogen-bond acceptors (Lipinski definition) is 4. The van der Waals surface area contributed by atoms with Crippen molar-refractivity contribution in [1.82, 2.24) is 9.21 Å². The van der Waals surface area contributed by atoms with Gasteiger partial charge in [0, 0.05) is 43.3 Å². The molecule has 0 atom stereocenters. The third-order valence-electron chi connectivity index (χ3n) is 6.07.